The molecule has 0 aliphatic heterocycles. The lowest BCUT2D eigenvalue weighted by molar-refractivity contribution is 0.580. The van der Waals surface area contributed by atoms with Crippen LogP contribution >= 0.6 is 11.6 Å². The fourth-order valence-electron chi connectivity index (χ4n) is 1.47. The summed E-state index contributed by atoms with van der Waals surface area (Å²) in [7, 11) is -2.00. The van der Waals surface area contributed by atoms with Crippen LogP contribution in [0.15, 0.2) is 28.3 Å². The summed E-state index contributed by atoms with van der Waals surface area (Å²) < 4.78 is 27.8. The van der Waals surface area contributed by atoms with Gasteiger partial charge in [0.2, 0.25) is 10.0 Å². The summed E-state index contributed by atoms with van der Waals surface area (Å²) in [5.41, 5.74) is -0.539. The molecular weight excluding hydrogens is 306 g/mol. The van der Waals surface area contributed by atoms with Crippen LogP contribution < -0.4 is 10.3 Å². The molecule has 0 bridgehead atoms. The van der Waals surface area contributed by atoms with E-state index in [-0.39, 0.29) is 16.5 Å². The Labute approximate surface area is 119 Å². The van der Waals surface area contributed by atoms with Crippen molar-refractivity contribution in [3.8, 4) is 0 Å². The largest absolute Gasteiger partial charge is 0.326 e. The van der Waals surface area contributed by atoms with Gasteiger partial charge in [0.15, 0.2) is 5.82 Å². The summed E-state index contributed by atoms with van der Waals surface area (Å²) >= 11 is 5.59. The van der Waals surface area contributed by atoms with Crippen LogP contribution in [0.2, 0.25) is 5.02 Å². The minimum Gasteiger partial charge on any atom is -0.326 e. The monoisotopic (exact) mass is 317 g/mol. The first kappa shape index (κ1) is 14.7. The van der Waals surface area contributed by atoms with Crippen molar-refractivity contribution in [2.24, 2.45) is 7.05 Å². The Bertz CT molecular complexity index is 767. The minimum atomic E-state index is -3.73. The van der Waals surface area contributed by atoms with Crippen molar-refractivity contribution in [3.05, 3.63) is 39.8 Å². The van der Waals surface area contributed by atoms with Gasteiger partial charge in [0, 0.05) is 26.2 Å². The second-order valence-corrected chi connectivity index (χ2v) is 6.17. The molecule has 0 fully saturated rings. The van der Waals surface area contributed by atoms with E-state index in [9.17, 15) is 13.2 Å². The second kappa shape index (κ2) is 5.73. The van der Waals surface area contributed by atoms with E-state index in [4.69, 9.17) is 11.6 Å². The number of pyridine rings is 1. The number of hydrogen-bond donors (Lipinski definition) is 2. The van der Waals surface area contributed by atoms with Crippen LogP contribution in [0.3, 0.4) is 0 Å². The molecule has 2 N–H and O–H groups in total. The van der Waals surface area contributed by atoms with E-state index in [1.807, 2.05) is 0 Å². The average Bonchev–Trinajstić information content (AvgIpc) is 2.78. The molecule has 0 aromatic carbocycles. The standard InChI is InChI=1S/C10H12ClN5O3S/c1-16-6-13-9(15-16)2-3-14-20(18,19)7-4-8(11)10(17)12-5-7/h4-6,14H,2-3H2,1H3,(H,12,17). The van der Waals surface area contributed by atoms with E-state index in [1.165, 1.54) is 11.0 Å². The van der Waals surface area contributed by atoms with Crippen molar-refractivity contribution in [2.45, 2.75) is 11.3 Å². The molecular formula is C10H12ClN5O3S. The van der Waals surface area contributed by atoms with Crippen LogP contribution in [0.4, 0.5) is 0 Å². The second-order valence-electron chi connectivity index (χ2n) is 3.99. The molecule has 0 unspecified atom stereocenters. The lowest BCUT2D eigenvalue weighted by Gasteiger charge is -2.05. The van der Waals surface area contributed by atoms with Crippen molar-refractivity contribution in [1.29, 1.82) is 0 Å². The van der Waals surface area contributed by atoms with Crippen LogP contribution in [-0.4, -0.2) is 34.7 Å². The molecule has 108 valence electrons. The Hall–Kier alpha value is -1.71. The molecule has 0 spiro atoms. The summed E-state index contributed by atoms with van der Waals surface area (Å²) in [6, 6.07) is 1.10. The van der Waals surface area contributed by atoms with Crippen LogP contribution in [-0.2, 0) is 23.5 Å². The summed E-state index contributed by atoms with van der Waals surface area (Å²) in [6.45, 7) is 0.142. The van der Waals surface area contributed by atoms with E-state index in [1.54, 1.807) is 7.05 Å². The number of nitrogens with zero attached hydrogens (tertiary/aromatic N) is 3. The Morgan fingerprint density at radius 3 is 2.85 bits per heavy atom. The van der Waals surface area contributed by atoms with Gasteiger partial charge in [-0.3, -0.25) is 9.48 Å². The fraction of sp³-hybridized carbons (Fsp3) is 0.300. The van der Waals surface area contributed by atoms with E-state index in [0.717, 1.165) is 12.3 Å². The zero-order chi connectivity index (χ0) is 14.8. The van der Waals surface area contributed by atoms with Gasteiger partial charge in [-0.25, -0.2) is 18.1 Å². The Morgan fingerprint density at radius 2 is 2.25 bits per heavy atom. The van der Waals surface area contributed by atoms with Crippen molar-refractivity contribution >= 4 is 21.6 Å². The zero-order valence-electron chi connectivity index (χ0n) is 10.5. The molecule has 0 amide bonds. The molecule has 8 nitrogen and oxygen atoms in total. The zero-order valence-corrected chi connectivity index (χ0v) is 12.1. The van der Waals surface area contributed by atoms with Gasteiger partial charge in [-0.1, -0.05) is 11.6 Å². The molecule has 0 aliphatic carbocycles. The quantitative estimate of drug-likeness (QED) is 0.785. The van der Waals surface area contributed by atoms with Crippen molar-refractivity contribution in [2.75, 3.05) is 6.54 Å². The number of hydrogen-bond acceptors (Lipinski definition) is 5. The summed E-state index contributed by atoms with van der Waals surface area (Å²) in [5.74, 6) is 0.537. The number of sulfonamides is 1. The average molecular weight is 318 g/mol. The fourth-order valence-corrected chi connectivity index (χ4v) is 2.73. The smallest absolute Gasteiger partial charge is 0.266 e. The molecule has 0 aliphatic rings. The van der Waals surface area contributed by atoms with Crippen molar-refractivity contribution < 1.29 is 8.42 Å². The third-order valence-corrected chi connectivity index (χ3v) is 4.15. The number of aryl methyl sites for hydroxylation is 1. The van der Waals surface area contributed by atoms with Gasteiger partial charge in [-0.15, -0.1) is 0 Å². The minimum absolute atomic E-state index is 0.101. The summed E-state index contributed by atoms with van der Waals surface area (Å²) in [5, 5.41) is 3.85. The Kier molecular flexibility index (Phi) is 4.21. The molecule has 0 saturated heterocycles. The Balaban J connectivity index is 2.03. The highest BCUT2D eigenvalue weighted by atomic mass is 35.5. The number of nitrogens with one attached hydrogen (secondary N) is 2. The van der Waals surface area contributed by atoms with Gasteiger partial charge < -0.3 is 4.98 Å². The van der Waals surface area contributed by atoms with Crippen LogP contribution in [0.5, 0.6) is 0 Å². The van der Waals surface area contributed by atoms with Gasteiger partial charge in [0.1, 0.15) is 11.3 Å². The maximum Gasteiger partial charge on any atom is 0.266 e. The topological polar surface area (TPSA) is 110 Å². The van der Waals surface area contributed by atoms with Gasteiger partial charge >= 0.3 is 0 Å². The molecule has 0 saturated carbocycles. The third-order valence-electron chi connectivity index (χ3n) is 2.43. The first-order chi connectivity index (χ1) is 9.38. The summed E-state index contributed by atoms with van der Waals surface area (Å²) in [4.78, 5) is 17.2. The van der Waals surface area contributed by atoms with E-state index >= 15 is 0 Å². The van der Waals surface area contributed by atoms with E-state index in [0.29, 0.717) is 12.2 Å². The normalized spacial score (nSPS) is 11.7. The molecule has 20 heavy (non-hydrogen) atoms. The SMILES string of the molecule is Cn1cnc(CCNS(=O)(=O)c2c[nH]c(=O)c(Cl)c2)n1. The predicted molar refractivity (Wildman–Crippen MR) is 72.0 cm³/mol. The highest BCUT2D eigenvalue weighted by Crippen LogP contribution is 2.10. The molecule has 2 aromatic rings. The Morgan fingerprint density at radius 1 is 1.50 bits per heavy atom. The van der Waals surface area contributed by atoms with Gasteiger partial charge in [0.25, 0.3) is 5.56 Å². The maximum atomic E-state index is 12.0. The van der Waals surface area contributed by atoms with Crippen molar-refractivity contribution in [1.82, 2.24) is 24.5 Å². The van der Waals surface area contributed by atoms with E-state index in [2.05, 4.69) is 19.8 Å². The number of aromatic nitrogens is 4. The highest BCUT2D eigenvalue weighted by molar-refractivity contribution is 7.89. The van der Waals surface area contributed by atoms with Gasteiger partial charge in [0.05, 0.1) is 4.90 Å². The highest BCUT2D eigenvalue weighted by Gasteiger charge is 2.15. The summed E-state index contributed by atoms with van der Waals surface area (Å²) in [6.07, 6.45) is 2.98. The molecule has 2 rings (SSSR count). The van der Waals surface area contributed by atoms with Crippen molar-refractivity contribution in [3.63, 3.8) is 0 Å². The lowest BCUT2D eigenvalue weighted by Crippen LogP contribution is -2.27. The maximum absolute atomic E-state index is 12.0. The first-order valence-corrected chi connectivity index (χ1v) is 7.47. The van der Waals surface area contributed by atoms with Gasteiger partial charge in [-0.05, 0) is 6.07 Å². The van der Waals surface area contributed by atoms with Crippen LogP contribution in [0.1, 0.15) is 5.82 Å². The van der Waals surface area contributed by atoms with Gasteiger partial charge in [-0.2, -0.15) is 5.10 Å². The molecule has 0 atom stereocenters. The number of aromatic amines is 1. The molecule has 0 radical (unpaired) electrons. The molecule has 2 heterocycles. The predicted octanol–water partition coefficient (Wildman–Crippen LogP) is -0.322. The third kappa shape index (κ3) is 3.44. The van der Waals surface area contributed by atoms with Crippen LogP contribution in [0.25, 0.3) is 0 Å². The van der Waals surface area contributed by atoms with E-state index < -0.39 is 15.6 Å². The lowest BCUT2D eigenvalue weighted by atomic mass is 10.4. The molecule has 2 aromatic heterocycles. The number of H-pyrrole nitrogens is 1. The number of halogens is 1. The van der Waals surface area contributed by atoms with Crippen LogP contribution in [0, 0.1) is 0 Å². The number of rotatable bonds is 5. The first-order valence-electron chi connectivity index (χ1n) is 5.61. The molecule has 10 heteroatoms.